The molecule has 0 aliphatic carbocycles. The van der Waals surface area contributed by atoms with Crippen LogP contribution >= 0.6 is 0 Å². The van der Waals surface area contributed by atoms with Crippen molar-refractivity contribution in [2.75, 3.05) is 24.2 Å². The Balaban J connectivity index is 1.33. The van der Waals surface area contributed by atoms with E-state index in [1.165, 1.54) is 13.0 Å². The molecule has 1 aliphatic rings. The molecule has 0 unspecified atom stereocenters. The number of fused-ring (bicyclic) bond motifs is 1. The van der Waals surface area contributed by atoms with Gasteiger partial charge in [-0.25, -0.2) is 18.4 Å². The number of rotatable bonds is 6. The maximum atomic E-state index is 13.5. The molecule has 1 saturated heterocycles. The molecule has 0 radical (unpaired) electrons. The molecule has 8 nitrogen and oxygen atoms in total. The van der Waals surface area contributed by atoms with Gasteiger partial charge in [0.15, 0.2) is 9.84 Å². The maximum Gasteiger partial charge on any atom is 0.395 e. The van der Waals surface area contributed by atoms with Gasteiger partial charge in [0.25, 0.3) is 5.91 Å². The molecular weight excluding hydrogens is 555 g/mol. The van der Waals surface area contributed by atoms with Gasteiger partial charge in [0.1, 0.15) is 5.82 Å². The van der Waals surface area contributed by atoms with Crippen molar-refractivity contribution in [2.24, 2.45) is 5.41 Å². The van der Waals surface area contributed by atoms with E-state index < -0.39 is 27.3 Å². The normalized spacial score (nSPS) is 17.7. The van der Waals surface area contributed by atoms with Gasteiger partial charge in [-0.2, -0.15) is 13.2 Å². The average molecular weight is 584 g/mol. The van der Waals surface area contributed by atoms with Crippen molar-refractivity contribution in [3.05, 3.63) is 77.6 Å². The third kappa shape index (κ3) is 5.88. The van der Waals surface area contributed by atoms with Gasteiger partial charge in [0.2, 0.25) is 0 Å². The average Bonchev–Trinajstić information content (AvgIpc) is 3.34. The Labute approximate surface area is 235 Å². The number of nitrogens with zero attached hydrogens (tertiary/aromatic N) is 4. The van der Waals surface area contributed by atoms with Crippen LogP contribution in [0.15, 0.2) is 65.7 Å². The number of aryl methyl sites for hydroxylation is 1. The molecule has 1 N–H and O–H groups in total. The molecule has 1 aromatic carbocycles. The second-order valence-corrected chi connectivity index (χ2v) is 12.6. The van der Waals surface area contributed by atoms with Gasteiger partial charge in [0, 0.05) is 36.5 Å². The molecule has 1 fully saturated rings. The van der Waals surface area contributed by atoms with E-state index in [0.717, 1.165) is 11.6 Å². The standard InChI is InChI=1S/C29H28F3N5O3S/c1-18-7-8-19(13-25(18)41(3,39)40)27(38)34-16-21-14-24-20(15-33-21)9-10-23(35-24)22-5-4-6-26(36-22)37-12-11-28(2,17-37)29(30,31)32/h4-10,13-15H,11-12,16-17H2,1-3H3,(H,34,38)/t28-/m1/s1. The van der Waals surface area contributed by atoms with E-state index in [1.807, 2.05) is 6.07 Å². The molecule has 4 heterocycles. The molecule has 214 valence electrons. The number of hydrogen-bond donors (Lipinski definition) is 1. The Morgan fingerprint density at radius 1 is 1.07 bits per heavy atom. The molecule has 3 aromatic heterocycles. The number of aromatic nitrogens is 3. The Morgan fingerprint density at radius 2 is 1.83 bits per heavy atom. The number of carbonyl (C=O) groups is 1. The lowest BCUT2D eigenvalue weighted by Crippen LogP contribution is -2.38. The number of pyridine rings is 3. The number of amides is 1. The van der Waals surface area contributed by atoms with Gasteiger partial charge in [0.05, 0.1) is 39.5 Å². The zero-order valence-electron chi connectivity index (χ0n) is 22.7. The number of carbonyl (C=O) groups excluding carboxylic acids is 1. The van der Waals surface area contributed by atoms with Crippen LogP contribution in [0.25, 0.3) is 22.3 Å². The minimum Gasteiger partial charge on any atom is -0.356 e. The summed E-state index contributed by atoms with van der Waals surface area (Å²) in [5.74, 6) is 0.0219. The number of anilines is 1. The first-order valence-electron chi connectivity index (χ1n) is 12.9. The molecule has 1 aliphatic heterocycles. The second-order valence-electron chi connectivity index (χ2n) is 10.6. The van der Waals surface area contributed by atoms with E-state index in [0.29, 0.717) is 34.0 Å². The third-order valence-electron chi connectivity index (χ3n) is 7.39. The topological polar surface area (TPSA) is 105 Å². The monoisotopic (exact) mass is 583 g/mol. The van der Waals surface area contributed by atoms with Gasteiger partial charge in [-0.05, 0) is 68.3 Å². The first-order valence-corrected chi connectivity index (χ1v) is 14.8. The fourth-order valence-electron chi connectivity index (χ4n) is 4.84. The fourth-order valence-corrected chi connectivity index (χ4v) is 5.84. The quantitative estimate of drug-likeness (QED) is 0.336. The smallest absolute Gasteiger partial charge is 0.356 e. The van der Waals surface area contributed by atoms with Crippen molar-refractivity contribution in [1.29, 1.82) is 0 Å². The Hall–Kier alpha value is -4.06. The number of alkyl halides is 3. The Kier molecular flexibility index (Phi) is 7.22. The fraction of sp³-hybridized carbons (Fsp3) is 0.310. The molecule has 12 heteroatoms. The summed E-state index contributed by atoms with van der Waals surface area (Å²) in [5.41, 5.74) is 1.22. The minimum atomic E-state index is -4.29. The van der Waals surface area contributed by atoms with Crippen LogP contribution in [0.5, 0.6) is 0 Å². The summed E-state index contributed by atoms with van der Waals surface area (Å²) in [4.78, 5) is 28.2. The van der Waals surface area contributed by atoms with Crippen LogP contribution < -0.4 is 10.2 Å². The molecule has 1 amide bonds. The molecule has 1 atom stereocenters. The largest absolute Gasteiger partial charge is 0.395 e. The van der Waals surface area contributed by atoms with Crippen LogP contribution in [0.3, 0.4) is 0 Å². The molecule has 4 aromatic rings. The highest BCUT2D eigenvalue weighted by molar-refractivity contribution is 7.90. The summed E-state index contributed by atoms with van der Waals surface area (Å²) < 4.78 is 64.6. The maximum absolute atomic E-state index is 13.5. The second kappa shape index (κ2) is 10.4. The molecule has 0 spiro atoms. The lowest BCUT2D eigenvalue weighted by Gasteiger charge is -2.27. The van der Waals surface area contributed by atoms with Gasteiger partial charge in [-0.15, -0.1) is 0 Å². The first-order chi connectivity index (χ1) is 19.2. The highest BCUT2D eigenvalue weighted by Crippen LogP contribution is 2.45. The van der Waals surface area contributed by atoms with Gasteiger partial charge >= 0.3 is 6.18 Å². The third-order valence-corrected chi connectivity index (χ3v) is 8.63. The zero-order valence-corrected chi connectivity index (χ0v) is 23.5. The summed E-state index contributed by atoms with van der Waals surface area (Å²) in [6.45, 7) is 3.10. The van der Waals surface area contributed by atoms with Crippen molar-refractivity contribution in [1.82, 2.24) is 20.3 Å². The van der Waals surface area contributed by atoms with E-state index in [1.54, 1.807) is 60.5 Å². The number of sulfone groups is 1. The molecule has 5 rings (SSSR count). The number of nitrogens with one attached hydrogen (secondary N) is 1. The van der Waals surface area contributed by atoms with Crippen LogP contribution in [0.1, 0.15) is 35.0 Å². The number of hydrogen-bond acceptors (Lipinski definition) is 7. The minimum absolute atomic E-state index is 0.00568. The number of benzene rings is 1. The van der Waals surface area contributed by atoms with Crippen LogP contribution in [0.4, 0.5) is 19.0 Å². The van der Waals surface area contributed by atoms with E-state index in [9.17, 15) is 26.4 Å². The van der Waals surface area contributed by atoms with Crippen molar-refractivity contribution < 1.29 is 26.4 Å². The van der Waals surface area contributed by atoms with Gasteiger partial charge < -0.3 is 10.2 Å². The van der Waals surface area contributed by atoms with Crippen molar-refractivity contribution >= 4 is 32.5 Å². The van der Waals surface area contributed by atoms with Crippen LogP contribution in [-0.4, -0.2) is 54.8 Å². The molecule has 0 saturated carbocycles. The van der Waals surface area contributed by atoms with E-state index in [-0.39, 0.29) is 36.5 Å². The molecule has 41 heavy (non-hydrogen) atoms. The molecular formula is C29H28F3N5O3S. The lowest BCUT2D eigenvalue weighted by molar-refractivity contribution is -0.209. The van der Waals surface area contributed by atoms with Crippen molar-refractivity contribution in [3.8, 4) is 11.4 Å². The SMILES string of the molecule is Cc1ccc(C(=O)NCc2cc3nc(-c4cccc(N5CC[C@@](C)(C(F)(F)F)C5)n4)ccc3cn2)cc1S(C)(=O)=O. The zero-order chi connectivity index (χ0) is 29.6. The summed E-state index contributed by atoms with van der Waals surface area (Å²) in [6.07, 6.45) is -1.55. The van der Waals surface area contributed by atoms with Crippen LogP contribution in [0.2, 0.25) is 0 Å². The van der Waals surface area contributed by atoms with E-state index >= 15 is 0 Å². The predicted octanol–water partition coefficient (Wildman–Crippen LogP) is 5.11. The van der Waals surface area contributed by atoms with Crippen molar-refractivity contribution in [2.45, 2.75) is 37.9 Å². The van der Waals surface area contributed by atoms with E-state index in [2.05, 4.69) is 15.3 Å². The van der Waals surface area contributed by atoms with E-state index in [4.69, 9.17) is 4.98 Å². The summed E-state index contributed by atoms with van der Waals surface area (Å²) in [6, 6.07) is 15.1. The summed E-state index contributed by atoms with van der Waals surface area (Å²) in [5, 5.41) is 3.52. The van der Waals surface area contributed by atoms with Crippen LogP contribution in [0, 0.1) is 12.3 Å². The highest BCUT2D eigenvalue weighted by atomic mass is 32.2. The highest BCUT2D eigenvalue weighted by Gasteiger charge is 2.54. The Morgan fingerprint density at radius 3 is 2.54 bits per heavy atom. The predicted molar refractivity (Wildman–Crippen MR) is 149 cm³/mol. The Bertz CT molecular complexity index is 1760. The van der Waals surface area contributed by atoms with Crippen LogP contribution in [-0.2, 0) is 16.4 Å². The van der Waals surface area contributed by atoms with Gasteiger partial charge in [-0.3, -0.25) is 9.78 Å². The first kappa shape index (κ1) is 28.5. The molecule has 0 bridgehead atoms. The van der Waals surface area contributed by atoms with Gasteiger partial charge in [-0.1, -0.05) is 12.1 Å². The summed E-state index contributed by atoms with van der Waals surface area (Å²) >= 11 is 0. The lowest BCUT2D eigenvalue weighted by atomic mass is 9.89. The summed E-state index contributed by atoms with van der Waals surface area (Å²) in [7, 11) is -3.48. The number of halogens is 3. The van der Waals surface area contributed by atoms with Crippen molar-refractivity contribution in [3.63, 3.8) is 0 Å².